The zero-order chi connectivity index (χ0) is 27.7. The van der Waals surface area contributed by atoms with Gasteiger partial charge < -0.3 is 29.5 Å². The highest BCUT2D eigenvalue weighted by Gasteiger charge is 2.84. The first-order chi connectivity index (χ1) is 17.8. The van der Waals surface area contributed by atoms with Crippen LogP contribution in [0.25, 0.3) is 0 Å². The number of halogens is 4. The van der Waals surface area contributed by atoms with Crippen molar-refractivity contribution in [3.63, 3.8) is 0 Å². The fourth-order valence-electron chi connectivity index (χ4n) is 5.75. The van der Waals surface area contributed by atoms with E-state index in [0.717, 1.165) is 31.4 Å². The van der Waals surface area contributed by atoms with E-state index >= 15 is 0 Å². The van der Waals surface area contributed by atoms with Gasteiger partial charge in [-0.3, -0.25) is 4.79 Å². The maximum Gasteiger partial charge on any atom is 0.416 e. The van der Waals surface area contributed by atoms with Crippen molar-refractivity contribution in [2.24, 2.45) is 5.92 Å². The Hall–Kier alpha value is -3.38. The molecule has 4 atom stereocenters. The fourth-order valence-corrected chi connectivity index (χ4v) is 5.92. The van der Waals surface area contributed by atoms with Crippen LogP contribution in [0.15, 0.2) is 60.7 Å². The molecule has 0 radical (unpaired) electrons. The Bertz CT molecular complexity index is 1400. The summed E-state index contributed by atoms with van der Waals surface area (Å²) in [5, 5.41) is 35.9. The van der Waals surface area contributed by atoms with Gasteiger partial charge >= 0.3 is 12.1 Å². The molecule has 2 aliphatic rings. The molecule has 1 fully saturated rings. The Labute approximate surface area is 219 Å². The van der Waals surface area contributed by atoms with Crippen LogP contribution in [0.1, 0.15) is 28.2 Å². The van der Waals surface area contributed by atoms with Gasteiger partial charge in [-0.15, -0.1) is 0 Å². The van der Waals surface area contributed by atoms with Crippen molar-refractivity contribution in [1.29, 1.82) is 0 Å². The van der Waals surface area contributed by atoms with Gasteiger partial charge in [0.1, 0.15) is 16.8 Å². The number of carbonyl (C=O) groups excluding carboxylic acids is 1. The lowest BCUT2D eigenvalue weighted by molar-refractivity contribution is -0.341. The summed E-state index contributed by atoms with van der Waals surface area (Å²) in [4.78, 5) is 17.4. The van der Waals surface area contributed by atoms with E-state index in [4.69, 9.17) is 25.8 Å². The van der Waals surface area contributed by atoms with E-state index in [1.165, 1.54) is 13.2 Å². The first-order valence-electron chi connectivity index (χ1n) is 11.3. The highest BCUT2D eigenvalue weighted by Crippen LogP contribution is 2.71. The minimum Gasteiger partial charge on any atom is -0.481 e. The molecule has 3 aromatic rings. The van der Waals surface area contributed by atoms with E-state index in [9.17, 15) is 33.3 Å². The number of aromatic nitrogens is 1. The molecule has 1 aromatic heterocycles. The van der Waals surface area contributed by atoms with Crippen LogP contribution in [0.2, 0.25) is 5.15 Å². The number of fused-ring (bicyclic) bond motifs is 4. The molecule has 38 heavy (non-hydrogen) atoms. The molecule has 0 unspecified atom stereocenters. The molecule has 1 saturated carbocycles. The molecule has 1 aliphatic carbocycles. The number of carbonyl (C=O) groups is 1. The van der Waals surface area contributed by atoms with Gasteiger partial charge in [-0.05, 0) is 17.7 Å². The van der Waals surface area contributed by atoms with Crippen molar-refractivity contribution in [1.82, 2.24) is 4.98 Å². The van der Waals surface area contributed by atoms with E-state index < -0.39 is 46.5 Å². The molecule has 2 bridgehead atoms. The second-order valence-corrected chi connectivity index (χ2v) is 9.46. The topological polar surface area (TPSA) is 118 Å². The zero-order valence-electron chi connectivity index (χ0n) is 19.9. The lowest BCUT2D eigenvalue weighted by Gasteiger charge is -2.49. The summed E-state index contributed by atoms with van der Waals surface area (Å²) in [5.41, 5.74) is -6.57. The Kier molecular flexibility index (Phi) is 5.91. The number of aliphatic hydroxyl groups is 3. The van der Waals surface area contributed by atoms with E-state index in [-0.39, 0.29) is 27.9 Å². The van der Waals surface area contributed by atoms with Crippen LogP contribution in [0, 0.1) is 5.92 Å². The highest BCUT2D eigenvalue weighted by atomic mass is 35.5. The number of alkyl halides is 3. The monoisotopic (exact) mass is 551 g/mol. The highest BCUT2D eigenvalue weighted by molar-refractivity contribution is 6.29. The van der Waals surface area contributed by atoms with Crippen molar-refractivity contribution >= 4 is 17.6 Å². The van der Waals surface area contributed by atoms with Crippen LogP contribution >= 0.6 is 11.6 Å². The molecular weight excluding hydrogens is 531 g/mol. The van der Waals surface area contributed by atoms with E-state index in [1.54, 1.807) is 30.3 Å². The Morgan fingerprint density at radius 2 is 1.68 bits per heavy atom. The summed E-state index contributed by atoms with van der Waals surface area (Å²) < 4.78 is 56.6. The Morgan fingerprint density at radius 1 is 1.05 bits per heavy atom. The molecule has 12 heteroatoms. The van der Waals surface area contributed by atoms with E-state index in [2.05, 4.69) is 4.98 Å². The number of hydrogen-bond donors (Lipinski definition) is 3. The minimum absolute atomic E-state index is 0.152. The molecule has 8 nitrogen and oxygen atoms in total. The number of pyridine rings is 1. The van der Waals surface area contributed by atoms with Gasteiger partial charge in [0.05, 0.1) is 31.3 Å². The van der Waals surface area contributed by atoms with Gasteiger partial charge in [0.15, 0.2) is 11.2 Å². The van der Waals surface area contributed by atoms with Crippen molar-refractivity contribution in [3.8, 4) is 11.6 Å². The summed E-state index contributed by atoms with van der Waals surface area (Å²) in [5.74, 6) is -8.11. The molecular formula is C26H21ClF3NO7. The molecule has 2 aromatic carbocycles. The van der Waals surface area contributed by atoms with Crippen molar-refractivity contribution in [2.75, 3.05) is 14.2 Å². The minimum atomic E-state index is -4.68. The second-order valence-electron chi connectivity index (χ2n) is 9.07. The maximum absolute atomic E-state index is 13.4. The van der Waals surface area contributed by atoms with Crippen LogP contribution < -0.4 is 9.47 Å². The van der Waals surface area contributed by atoms with E-state index in [0.29, 0.717) is 5.56 Å². The van der Waals surface area contributed by atoms with Crippen LogP contribution in [-0.2, 0) is 26.9 Å². The van der Waals surface area contributed by atoms with Gasteiger partial charge in [-0.2, -0.15) is 13.2 Å². The smallest absolute Gasteiger partial charge is 0.416 e. The van der Waals surface area contributed by atoms with Crippen molar-refractivity contribution in [2.45, 2.75) is 29.1 Å². The molecule has 3 N–H and O–H groups in total. The number of rotatable bonds is 4. The van der Waals surface area contributed by atoms with Crippen molar-refractivity contribution in [3.05, 3.63) is 88.1 Å². The number of hydrogen-bond acceptors (Lipinski definition) is 8. The third kappa shape index (κ3) is 3.29. The average Bonchev–Trinajstić information content (AvgIpc) is 2.96. The van der Waals surface area contributed by atoms with Gasteiger partial charge in [0.2, 0.25) is 11.7 Å². The predicted molar refractivity (Wildman–Crippen MR) is 125 cm³/mol. The van der Waals surface area contributed by atoms with Crippen molar-refractivity contribution < 1.29 is 47.5 Å². The first-order valence-corrected chi connectivity index (χ1v) is 11.6. The van der Waals surface area contributed by atoms with Crippen LogP contribution in [0.5, 0.6) is 11.6 Å². The van der Waals surface area contributed by atoms with Crippen LogP contribution in [0.3, 0.4) is 0 Å². The number of esters is 1. The first kappa shape index (κ1) is 26.2. The van der Waals surface area contributed by atoms with Gasteiger partial charge in [0, 0.05) is 11.6 Å². The number of methoxy groups -OCH3 is 2. The molecule has 0 spiro atoms. The molecule has 0 amide bonds. The van der Waals surface area contributed by atoms with Gasteiger partial charge in [-0.25, -0.2) is 4.98 Å². The molecule has 1 aliphatic heterocycles. The number of ether oxygens (including phenoxy) is 3. The fraction of sp³-hybridized carbons (Fsp3) is 0.308. The molecule has 2 heterocycles. The van der Waals surface area contributed by atoms with Crippen LogP contribution in [0.4, 0.5) is 13.2 Å². The number of benzene rings is 2. The third-order valence-electron chi connectivity index (χ3n) is 7.29. The lowest BCUT2D eigenvalue weighted by atomic mass is 9.74. The summed E-state index contributed by atoms with van der Waals surface area (Å²) in [6.07, 6.45) is -4.68. The number of nitrogens with zero attached hydrogens (tertiary/aromatic N) is 1. The average molecular weight is 552 g/mol. The summed E-state index contributed by atoms with van der Waals surface area (Å²) in [6.45, 7) is 0. The van der Waals surface area contributed by atoms with Gasteiger partial charge in [-0.1, -0.05) is 54.1 Å². The summed E-state index contributed by atoms with van der Waals surface area (Å²) >= 11 is 6.14. The SMILES string of the molecule is COC(=O)[C@H]1[C@@H](c2ccccc2)[C@]2(c3ccc(C(F)(F)F)cc3)Oc3cc(Cl)nc(OC)c3[C@@]1(O)C2(O)O. The Morgan fingerprint density at radius 3 is 2.24 bits per heavy atom. The van der Waals surface area contributed by atoms with E-state index in [1.807, 2.05) is 0 Å². The quantitative estimate of drug-likeness (QED) is 0.256. The predicted octanol–water partition coefficient (Wildman–Crippen LogP) is 3.51. The molecule has 200 valence electrons. The third-order valence-corrected chi connectivity index (χ3v) is 7.48. The summed E-state index contributed by atoms with van der Waals surface area (Å²) in [6, 6.07) is 12.7. The van der Waals surface area contributed by atoms with Gasteiger partial charge in [0.25, 0.3) is 0 Å². The summed E-state index contributed by atoms with van der Waals surface area (Å²) in [7, 11) is 2.24. The van der Waals surface area contributed by atoms with Crippen LogP contribution in [-0.4, -0.2) is 46.3 Å². The standard InChI is InChI=1S/C26H21ClF3NO7/c1-36-21-19-16(12-17(27)31-21)38-24(14-8-10-15(11-9-14)25(28,29)30)18(13-6-4-3-5-7-13)20(22(32)37-2)23(19,33)26(24,34)35/h3-12,18,20,33-35H,1-2H3/t18-,20-,23+,24+/m1/s1. The zero-order valence-corrected chi connectivity index (χ0v) is 20.6. The molecule has 0 saturated heterocycles. The molecule has 5 rings (SSSR count). The maximum atomic E-state index is 13.4. The Balaban J connectivity index is 1.92. The largest absolute Gasteiger partial charge is 0.481 e. The second kappa shape index (κ2) is 8.57. The lowest BCUT2D eigenvalue weighted by Crippen LogP contribution is -2.65. The normalized spacial score (nSPS) is 27.3.